The van der Waals surface area contributed by atoms with E-state index in [1.54, 1.807) is 0 Å². The minimum atomic E-state index is -3.98. The van der Waals surface area contributed by atoms with E-state index in [0.717, 1.165) is 10.7 Å². The van der Waals surface area contributed by atoms with E-state index < -0.39 is 22.2 Å². The van der Waals surface area contributed by atoms with Crippen LogP contribution in [0.1, 0.15) is 19.3 Å². The monoisotopic (exact) mass is 388 g/mol. The van der Waals surface area contributed by atoms with Gasteiger partial charge in [-0.1, -0.05) is 0 Å². The number of carbonyl (C=O) groups excluding carboxylic acids is 1. The first-order valence-electron chi connectivity index (χ1n) is 8.05. The maximum absolute atomic E-state index is 12.8. The average molecular weight is 388 g/mol. The zero-order valence-corrected chi connectivity index (χ0v) is 16.1. The maximum Gasteiger partial charge on any atom is 0.324 e. The fraction of sp³-hybridized carbons (Fsp3) is 0.562. The van der Waals surface area contributed by atoms with Crippen LogP contribution in [0.2, 0.25) is 0 Å². The number of rotatable bonds is 7. The molecule has 1 fully saturated rings. The Morgan fingerprint density at radius 2 is 1.69 bits per heavy atom. The van der Waals surface area contributed by atoms with Crippen molar-refractivity contribution in [1.29, 1.82) is 0 Å². The molecule has 0 aromatic heterocycles. The molecular weight excluding hydrogens is 364 g/mol. The Kier molecular flexibility index (Phi) is 6.54. The van der Waals surface area contributed by atoms with Crippen LogP contribution < -0.4 is 18.9 Å². The molecule has 9 nitrogen and oxygen atoms in total. The van der Waals surface area contributed by atoms with Gasteiger partial charge in [-0.3, -0.25) is 9.52 Å². The predicted molar refractivity (Wildman–Crippen MR) is 95.0 cm³/mol. The van der Waals surface area contributed by atoms with Crippen molar-refractivity contribution < 1.29 is 32.2 Å². The fourth-order valence-electron chi connectivity index (χ4n) is 2.91. The van der Waals surface area contributed by atoms with Crippen molar-refractivity contribution in [2.45, 2.75) is 25.3 Å². The molecule has 10 heteroatoms. The zero-order valence-electron chi connectivity index (χ0n) is 15.3. The van der Waals surface area contributed by atoms with Crippen molar-refractivity contribution >= 4 is 21.9 Å². The average Bonchev–Trinajstić information content (AvgIpc) is 2.66. The molecule has 0 bridgehead atoms. The van der Waals surface area contributed by atoms with Crippen LogP contribution in [-0.4, -0.2) is 59.7 Å². The highest BCUT2D eigenvalue weighted by molar-refractivity contribution is 7.90. The Balaban J connectivity index is 2.34. The van der Waals surface area contributed by atoms with Gasteiger partial charge in [-0.25, -0.2) is 0 Å². The van der Waals surface area contributed by atoms with Gasteiger partial charge in [0.05, 0.1) is 34.1 Å². The summed E-state index contributed by atoms with van der Waals surface area (Å²) in [6.45, 7) is 0.236. The molecule has 0 aliphatic carbocycles. The van der Waals surface area contributed by atoms with Crippen LogP contribution >= 0.6 is 0 Å². The van der Waals surface area contributed by atoms with Crippen LogP contribution in [-0.2, 0) is 19.7 Å². The molecule has 1 aliphatic heterocycles. The number of hydrogen-bond donors (Lipinski definition) is 1. The third kappa shape index (κ3) is 4.13. The van der Waals surface area contributed by atoms with Crippen molar-refractivity contribution in [2.75, 3.05) is 39.7 Å². The highest BCUT2D eigenvalue weighted by atomic mass is 32.2. The first kappa shape index (κ1) is 20.1. The third-order valence-electron chi connectivity index (χ3n) is 4.15. The van der Waals surface area contributed by atoms with E-state index in [1.165, 1.54) is 40.6 Å². The predicted octanol–water partition coefficient (Wildman–Crippen LogP) is 1.40. The van der Waals surface area contributed by atoms with Crippen molar-refractivity contribution in [2.24, 2.45) is 0 Å². The SMILES string of the molecule is COC(=O)C1CCCCN1S(=O)(=O)Nc1cc(OC)c(OC)c(OC)c1. The van der Waals surface area contributed by atoms with E-state index >= 15 is 0 Å². The van der Waals surface area contributed by atoms with Gasteiger partial charge in [0.25, 0.3) is 0 Å². The standard InChI is InChI=1S/C16H24N2O7S/c1-22-13-9-11(10-14(23-2)15(13)24-3)17-26(20,21)18-8-6-5-7-12(18)16(19)25-4/h9-10,12,17H,5-8H2,1-4H3. The number of hydrogen-bond acceptors (Lipinski definition) is 7. The summed E-state index contributed by atoms with van der Waals surface area (Å²) < 4.78 is 49.7. The van der Waals surface area contributed by atoms with Gasteiger partial charge >= 0.3 is 16.2 Å². The summed E-state index contributed by atoms with van der Waals surface area (Å²) in [5.41, 5.74) is 0.230. The van der Waals surface area contributed by atoms with Crippen molar-refractivity contribution in [1.82, 2.24) is 4.31 Å². The number of esters is 1. The summed E-state index contributed by atoms with van der Waals surface area (Å²) in [6, 6.07) is 2.12. The lowest BCUT2D eigenvalue weighted by Gasteiger charge is -2.32. The topological polar surface area (TPSA) is 103 Å². The van der Waals surface area contributed by atoms with Gasteiger partial charge in [-0.05, 0) is 19.3 Å². The van der Waals surface area contributed by atoms with Crippen molar-refractivity contribution in [3.05, 3.63) is 12.1 Å². The number of nitrogens with zero attached hydrogens (tertiary/aromatic N) is 1. The molecule has 1 aromatic carbocycles. The summed E-state index contributed by atoms with van der Waals surface area (Å²) >= 11 is 0. The zero-order chi connectivity index (χ0) is 19.3. The molecule has 0 saturated carbocycles. The van der Waals surface area contributed by atoms with E-state index in [2.05, 4.69) is 4.72 Å². The second-order valence-electron chi connectivity index (χ2n) is 5.67. The first-order chi connectivity index (χ1) is 12.4. The lowest BCUT2D eigenvalue weighted by Crippen LogP contribution is -2.50. The van der Waals surface area contributed by atoms with Gasteiger partial charge in [-0.15, -0.1) is 0 Å². The summed E-state index contributed by atoms with van der Waals surface area (Å²) in [4.78, 5) is 11.9. The van der Waals surface area contributed by atoms with Crippen LogP contribution in [0.3, 0.4) is 0 Å². The van der Waals surface area contributed by atoms with Crippen LogP contribution in [0.15, 0.2) is 12.1 Å². The molecule has 1 aromatic rings. The lowest BCUT2D eigenvalue weighted by atomic mass is 10.1. The highest BCUT2D eigenvalue weighted by Crippen LogP contribution is 2.40. The molecule has 1 atom stereocenters. The normalized spacial score (nSPS) is 18.1. The number of ether oxygens (including phenoxy) is 4. The van der Waals surface area contributed by atoms with Gasteiger partial charge in [0.15, 0.2) is 11.5 Å². The molecule has 1 unspecified atom stereocenters. The van der Waals surface area contributed by atoms with E-state index in [0.29, 0.717) is 30.1 Å². The maximum atomic E-state index is 12.8. The molecule has 0 radical (unpaired) electrons. The van der Waals surface area contributed by atoms with Gasteiger partial charge in [0.1, 0.15) is 6.04 Å². The molecule has 1 saturated heterocycles. The molecular formula is C16H24N2O7S. The number of methoxy groups -OCH3 is 4. The largest absolute Gasteiger partial charge is 0.493 e. The Bertz CT molecular complexity index is 726. The van der Waals surface area contributed by atoms with Gasteiger partial charge in [0.2, 0.25) is 5.75 Å². The Morgan fingerprint density at radius 1 is 1.08 bits per heavy atom. The Morgan fingerprint density at radius 3 is 2.19 bits per heavy atom. The van der Waals surface area contributed by atoms with Gasteiger partial charge in [0, 0.05) is 18.7 Å². The smallest absolute Gasteiger partial charge is 0.324 e. The van der Waals surface area contributed by atoms with Gasteiger partial charge in [-0.2, -0.15) is 12.7 Å². The van der Waals surface area contributed by atoms with Crippen molar-refractivity contribution in [3.8, 4) is 17.2 Å². The van der Waals surface area contributed by atoms with Crippen LogP contribution in [0.5, 0.6) is 17.2 Å². The minimum Gasteiger partial charge on any atom is -0.493 e. The summed E-state index contributed by atoms with van der Waals surface area (Å²) in [5.74, 6) is 0.406. The molecule has 1 heterocycles. The number of nitrogens with one attached hydrogen (secondary N) is 1. The minimum absolute atomic E-state index is 0.230. The molecule has 0 amide bonds. The quantitative estimate of drug-likeness (QED) is 0.704. The molecule has 2 rings (SSSR count). The van der Waals surface area contributed by atoms with E-state index in [9.17, 15) is 13.2 Å². The molecule has 26 heavy (non-hydrogen) atoms. The number of piperidine rings is 1. The summed E-state index contributed by atoms with van der Waals surface area (Å²) in [7, 11) is 1.60. The first-order valence-corrected chi connectivity index (χ1v) is 9.49. The van der Waals surface area contributed by atoms with Crippen molar-refractivity contribution in [3.63, 3.8) is 0 Å². The second kappa shape index (κ2) is 8.45. The Hall–Kier alpha value is -2.20. The lowest BCUT2D eigenvalue weighted by molar-refractivity contribution is -0.146. The second-order valence-corrected chi connectivity index (χ2v) is 7.29. The third-order valence-corrected chi connectivity index (χ3v) is 5.70. The molecule has 146 valence electrons. The molecule has 0 spiro atoms. The molecule has 1 N–H and O–H groups in total. The van der Waals surface area contributed by atoms with E-state index in [4.69, 9.17) is 18.9 Å². The highest BCUT2D eigenvalue weighted by Gasteiger charge is 2.37. The van der Waals surface area contributed by atoms with E-state index in [-0.39, 0.29) is 12.2 Å². The van der Waals surface area contributed by atoms with Crippen LogP contribution in [0.4, 0.5) is 5.69 Å². The number of benzene rings is 1. The van der Waals surface area contributed by atoms with Crippen LogP contribution in [0, 0.1) is 0 Å². The summed E-state index contributed by atoms with van der Waals surface area (Å²) in [5, 5.41) is 0. The van der Waals surface area contributed by atoms with Crippen LogP contribution in [0.25, 0.3) is 0 Å². The van der Waals surface area contributed by atoms with Gasteiger partial charge < -0.3 is 18.9 Å². The summed E-state index contributed by atoms with van der Waals surface area (Å²) in [6.07, 6.45) is 1.85. The Labute approximate surface area is 153 Å². The van der Waals surface area contributed by atoms with E-state index in [1.807, 2.05) is 0 Å². The fourth-order valence-corrected chi connectivity index (χ4v) is 4.34. The number of carbonyl (C=O) groups is 1. The number of anilines is 1. The molecule has 1 aliphatic rings.